The largest absolute Gasteiger partial charge is 0.483 e. The Morgan fingerprint density at radius 3 is 2.06 bits per heavy atom. The van der Waals surface area contributed by atoms with Gasteiger partial charge in [-0.25, -0.2) is 4.98 Å². The monoisotopic (exact) mass is 487 g/mol. The second-order valence-electron chi connectivity index (χ2n) is 7.71. The van der Waals surface area contributed by atoms with E-state index in [4.69, 9.17) is 14.9 Å². The molecule has 0 saturated heterocycles. The van der Waals surface area contributed by atoms with Gasteiger partial charge in [0, 0.05) is 47.7 Å². The number of nitrogens with zero attached hydrogens (tertiary/aromatic N) is 3. The number of nitrogens with one attached hydrogen (secondary N) is 1. The minimum Gasteiger partial charge on any atom is -0.483 e. The Hall–Kier alpha value is -4.14. The predicted molar refractivity (Wildman–Crippen MR) is 146 cm³/mol. The van der Waals surface area contributed by atoms with Crippen molar-refractivity contribution in [2.75, 3.05) is 25.0 Å². The number of carbonyl (C=O) groups excluding carboxylic acids is 1. The molecule has 8 nitrogen and oxygen atoms in total. The number of anilines is 1. The summed E-state index contributed by atoms with van der Waals surface area (Å²) >= 11 is 0. The van der Waals surface area contributed by atoms with Gasteiger partial charge in [-0.2, -0.15) is 0 Å². The number of fused-ring (bicyclic) bond motifs is 1. The molecule has 0 saturated carbocycles. The van der Waals surface area contributed by atoms with Crippen molar-refractivity contribution in [1.82, 2.24) is 15.4 Å². The van der Waals surface area contributed by atoms with Gasteiger partial charge in [-0.05, 0) is 55.8 Å². The lowest BCUT2D eigenvalue weighted by atomic mass is 10.0. The standard InChI is InChI=1S/C26H25N3O.CH6N2.CH2O2/c1-3-15-29(4-2)23-11-9-20(10-12-23)19-5-7-21(8-6-19)26-16-22(18-30)24-17-27-14-13-25(24)28-26;1-3-2;2-1-3/h5-14,16-18H,3-4,15H2,1-2H3;3H,2H2,1H3;1H,(H,2,3). The maximum absolute atomic E-state index is 11.5. The number of nitrogens with two attached hydrogens (primary N) is 1. The fourth-order valence-corrected chi connectivity index (χ4v) is 3.78. The fourth-order valence-electron chi connectivity index (χ4n) is 3.78. The third-order valence-corrected chi connectivity index (χ3v) is 5.39. The van der Waals surface area contributed by atoms with Crippen molar-refractivity contribution in [2.45, 2.75) is 20.3 Å². The summed E-state index contributed by atoms with van der Waals surface area (Å²) in [6.07, 6.45) is 5.38. The van der Waals surface area contributed by atoms with Gasteiger partial charge in [0.05, 0.1) is 11.2 Å². The number of hydrogen-bond donors (Lipinski definition) is 3. The number of benzene rings is 2. The number of hydrazine groups is 1. The molecule has 0 atom stereocenters. The second kappa shape index (κ2) is 15.0. The normalized spacial score (nSPS) is 9.89. The summed E-state index contributed by atoms with van der Waals surface area (Å²) in [5, 5.41) is 7.66. The van der Waals surface area contributed by atoms with Gasteiger partial charge in [-0.15, -0.1) is 0 Å². The summed E-state index contributed by atoms with van der Waals surface area (Å²) in [6, 6.07) is 20.7. The Morgan fingerprint density at radius 1 is 0.972 bits per heavy atom. The number of pyridine rings is 2. The second-order valence-corrected chi connectivity index (χ2v) is 7.71. The van der Waals surface area contributed by atoms with Crippen LogP contribution in [0, 0.1) is 0 Å². The van der Waals surface area contributed by atoms with Crippen molar-refractivity contribution >= 4 is 29.3 Å². The summed E-state index contributed by atoms with van der Waals surface area (Å²) in [4.78, 5) is 31.1. The van der Waals surface area contributed by atoms with Crippen LogP contribution >= 0.6 is 0 Å². The van der Waals surface area contributed by atoms with Gasteiger partial charge >= 0.3 is 0 Å². The topological polar surface area (TPSA) is 121 Å². The van der Waals surface area contributed by atoms with Gasteiger partial charge in [-0.3, -0.25) is 25.8 Å². The zero-order chi connectivity index (χ0) is 26.3. The molecule has 0 aliphatic heterocycles. The lowest BCUT2D eigenvalue weighted by molar-refractivity contribution is -0.122. The molecule has 4 rings (SSSR count). The Kier molecular flexibility index (Phi) is 11.7. The number of carboxylic acid groups (broad SMARTS) is 1. The van der Waals surface area contributed by atoms with E-state index >= 15 is 0 Å². The van der Waals surface area contributed by atoms with Gasteiger partial charge in [0.2, 0.25) is 0 Å². The molecule has 188 valence electrons. The average Bonchev–Trinajstić information content (AvgIpc) is 2.92. The van der Waals surface area contributed by atoms with Crippen LogP contribution in [0.3, 0.4) is 0 Å². The Labute approximate surface area is 211 Å². The molecule has 4 aromatic rings. The SMILES string of the molecule is CCCN(CC)c1ccc(-c2ccc(-c3cc(C=O)c4cnccc4n3)cc2)cc1.CNN.O=CO. The molecule has 0 radical (unpaired) electrons. The van der Waals surface area contributed by atoms with Crippen LogP contribution in [-0.4, -0.2) is 48.0 Å². The molecule has 0 fully saturated rings. The average molecular weight is 488 g/mol. The maximum atomic E-state index is 11.5. The highest BCUT2D eigenvalue weighted by molar-refractivity contribution is 5.97. The lowest BCUT2D eigenvalue weighted by Crippen LogP contribution is -2.23. The Bertz CT molecular complexity index is 1230. The zero-order valence-electron chi connectivity index (χ0n) is 20.9. The summed E-state index contributed by atoms with van der Waals surface area (Å²) in [5.41, 5.74) is 9.00. The smallest absolute Gasteiger partial charge is 0.290 e. The van der Waals surface area contributed by atoms with Crippen molar-refractivity contribution in [3.05, 3.63) is 78.6 Å². The highest BCUT2D eigenvalue weighted by atomic mass is 16.3. The van der Waals surface area contributed by atoms with Crippen LogP contribution in [0.15, 0.2) is 73.1 Å². The van der Waals surface area contributed by atoms with Gasteiger partial charge in [0.15, 0.2) is 6.29 Å². The zero-order valence-corrected chi connectivity index (χ0v) is 20.9. The van der Waals surface area contributed by atoms with E-state index in [1.165, 1.54) is 11.3 Å². The molecular weight excluding hydrogens is 454 g/mol. The summed E-state index contributed by atoms with van der Waals surface area (Å²) in [5.74, 6) is 4.60. The van der Waals surface area contributed by atoms with Crippen LogP contribution in [0.2, 0.25) is 0 Å². The molecule has 36 heavy (non-hydrogen) atoms. The van der Waals surface area contributed by atoms with E-state index in [0.29, 0.717) is 5.56 Å². The molecule has 8 heteroatoms. The first-order valence-corrected chi connectivity index (χ1v) is 11.7. The summed E-state index contributed by atoms with van der Waals surface area (Å²) in [7, 11) is 1.65. The molecule has 0 spiro atoms. The van der Waals surface area contributed by atoms with Crippen molar-refractivity contribution in [3.8, 4) is 22.4 Å². The molecule has 2 aromatic carbocycles. The molecule has 0 aliphatic carbocycles. The third-order valence-electron chi connectivity index (χ3n) is 5.39. The van der Waals surface area contributed by atoms with Gasteiger partial charge < -0.3 is 10.0 Å². The fraction of sp³-hybridized carbons (Fsp3) is 0.214. The molecule has 2 heterocycles. The van der Waals surface area contributed by atoms with Crippen LogP contribution in [0.1, 0.15) is 30.6 Å². The van der Waals surface area contributed by atoms with Crippen molar-refractivity contribution < 1.29 is 14.7 Å². The molecule has 0 aliphatic rings. The van der Waals surface area contributed by atoms with Crippen LogP contribution in [-0.2, 0) is 4.79 Å². The van der Waals surface area contributed by atoms with Crippen LogP contribution in [0.4, 0.5) is 5.69 Å². The number of aromatic nitrogens is 2. The number of aldehydes is 1. The Morgan fingerprint density at radius 2 is 1.53 bits per heavy atom. The van der Waals surface area contributed by atoms with Crippen LogP contribution in [0.5, 0.6) is 0 Å². The quantitative estimate of drug-likeness (QED) is 0.193. The first-order chi connectivity index (χ1) is 17.6. The highest BCUT2D eigenvalue weighted by Crippen LogP contribution is 2.28. The summed E-state index contributed by atoms with van der Waals surface area (Å²) < 4.78 is 0. The third kappa shape index (κ3) is 7.43. The molecule has 0 amide bonds. The van der Waals surface area contributed by atoms with Crippen LogP contribution < -0.4 is 16.2 Å². The van der Waals surface area contributed by atoms with E-state index in [9.17, 15) is 4.79 Å². The number of hydrogen-bond acceptors (Lipinski definition) is 7. The maximum Gasteiger partial charge on any atom is 0.290 e. The number of rotatable bonds is 7. The molecule has 0 unspecified atom stereocenters. The van der Waals surface area contributed by atoms with E-state index in [2.05, 4.69) is 83.5 Å². The van der Waals surface area contributed by atoms with Crippen molar-refractivity contribution in [2.24, 2.45) is 5.84 Å². The van der Waals surface area contributed by atoms with Gasteiger partial charge in [0.25, 0.3) is 6.47 Å². The molecular formula is C28H33N5O3. The van der Waals surface area contributed by atoms with E-state index in [1.54, 1.807) is 19.4 Å². The van der Waals surface area contributed by atoms with Gasteiger partial charge in [-0.1, -0.05) is 43.3 Å². The van der Waals surface area contributed by atoms with E-state index in [1.807, 2.05) is 12.1 Å². The van der Waals surface area contributed by atoms with Gasteiger partial charge in [0.1, 0.15) is 0 Å². The van der Waals surface area contributed by atoms with E-state index in [-0.39, 0.29) is 6.47 Å². The summed E-state index contributed by atoms with van der Waals surface area (Å²) in [6.45, 7) is 6.23. The molecule has 2 aromatic heterocycles. The lowest BCUT2D eigenvalue weighted by Gasteiger charge is -2.22. The molecule has 4 N–H and O–H groups in total. The minimum atomic E-state index is -0.250. The predicted octanol–water partition coefficient (Wildman–Crippen LogP) is 4.79. The number of carbonyl (C=O) groups is 2. The highest BCUT2D eigenvalue weighted by Gasteiger charge is 2.08. The minimum absolute atomic E-state index is 0.250. The molecule has 0 bridgehead atoms. The first kappa shape index (κ1) is 28.1. The van der Waals surface area contributed by atoms with E-state index in [0.717, 1.165) is 53.5 Å². The first-order valence-electron chi connectivity index (χ1n) is 11.7. The van der Waals surface area contributed by atoms with Crippen molar-refractivity contribution in [3.63, 3.8) is 0 Å². The van der Waals surface area contributed by atoms with Crippen LogP contribution in [0.25, 0.3) is 33.3 Å². The van der Waals surface area contributed by atoms with E-state index < -0.39 is 0 Å². The van der Waals surface area contributed by atoms with Crippen molar-refractivity contribution in [1.29, 1.82) is 0 Å². The Balaban J connectivity index is 0.000000693.